The number of anilines is 1. The van der Waals surface area contributed by atoms with Crippen molar-refractivity contribution in [2.24, 2.45) is 0 Å². The number of benzene rings is 2. The van der Waals surface area contributed by atoms with Crippen LogP contribution in [0.5, 0.6) is 5.75 Å². The van der Waals surface area contributed by atoms with Crippen LogP contribution in [0.25, 0.3) is 33.4 Å². The van der Waals surface area contributed by atoms with Crippen LogP contribution in [0.3, 0.4) is 0 Å². The number of aromatic hydroxyl groups is 1. The number of hydrogen-bond donors (Lipinski definition) is 3. The Morgan fingerprint density at radius 1 is 1.16 bits per heavy atom. The molecule has 0 fully saturated rings. The summed E-state index contributed by atoms with van der Waals surface area (Å²) in [5, 5.41) is 20.5. The van der Waals surface area contributed by atoms with Gasteiger partial charge in [0.1, 0.15) is 17.1 Å². The van der Waals surface area contributed by atoms with Crippen molar-refractivity contribution < 1.29 is 14.3 Å². The fourth-order valence-corrected chi connectivity index (χ4v) is 3.10. The summed E-state index contributed by atoms with van der Waals surface area (Å²) in [5.74, 6) is 1.37. The van der Waals surface area contributed by atoms with Gasteiger partial charge in [0.05, 0.1) is 11.8 Å². The summed E-state index contributed by atoms with van der Waals surface area (Å²) >= 11 is 2.52. The van der Waals surface area contributed by atoms with E-state index in [4.69, 9.17) is 4.42 Å². The summed E-state index contributed by atoms with van der Waals surface area (Å²) in [6.07, 6.45) is 2.85. The van der Waals surface area contributed by atoms with E-state index in [1.54, 1.807) is 18.4 Å². The van der Waals surface area contributed by atoms with Gasteiger partial charge < -0.3 is 14.8 Å². The van der Waals surface area contributed by atoms with Gasteiger partial charge >= 0.3 is 0 Å². The number of furan rings is 1. The van der Waals surface area contributed by atoms with Gasteiger partial charge in [0, 0.05) is 17.4 Å². The Morgan fingerprint density at radius 2 is 1.84 bits per heavy atom. The highest BCUT2D eigenvalue weighted by Gasteiger charge is 2.16. The Bertz CT molecular complexity index is 1170. The lowest BCUT2D eigenvalue weighted by molar-refractivity contribution is -0.116. The first-order chi connectivity index (χ1) is 15.2. The number of carbonyl (C=O) groups is 1. The molecule has 2 heterocycles. The minimum atomic E-state index is -0.641. The van der Waals surface area contributed by atoms with Crippen molar-refractivity contribution in [3.8, 4) is 28.2 Å². The van der Waals surface area contributed by atoms with E-state index < -0.39 is 5.57 Å². The Labute approximate surface area is 201 Å². The number of H-pyrrole nitrogens is 1. The first kappa shape index (κ1) is 24.1. The van der Waals surface area contributed by atoms with Crippen molar-refractivity contribution in [3.05, 3.63) is 54.8 Å². The normalized spacial score (nSPS) is 11.2. The smallest absolute Gasteiger partial charge is 0.225 e. The molecule has 2 aromatic carbocycles. The largest absolute Gasteiger partial charge is 0.508 e. The third-order valence-electron chi connectivity index (χ3n) is 4.40. The number of nitrogens with one attached hydrogen (secondary N) is 2. The second-order valence-electron chi connectivity index (χ2n) is 8.40. The molecule has 2 aromatic heterocycles. The predicted octanol–water partition coefficient (Wildman–Crippen LogP) is 7.19. The molecular weight excluding hydrogens is 533 g/mol. The number of hydrogen-bond acceptors (Lipinski definition) is 4. The van der Waals surface area contributed by atoms with E-state index in [2.05, 4.69) is 57.0 Å². The summed E-state index contributed by atoms with van der Waals surface area (Å²) in [5.41, 5.74) is 2.92. The summed E-state index contributed by atoms with van der Waals surface area (Å²) in [4.78, 5) is 12.0. The lowest BCUT2D eigenvalue weighted by atomic mass is 9.96. The number of phenolic OH excluding ortho intramolecular Hbond substituents is 1. The zero-order valence-corrected chi connectivity index (χ0v) is 21.9. The second kappa shape index (κ2) is 10.3. The fourth-order valence-electron chi connectivity index (χ4n) is 3.10. The quantitative estimate of drug-likeness (QED) is 0.137. The number of amides is 1. The van der Waals surface area contributed by atoms with Gasteiger partial charge in [0.25, 0.3) is 0 Å². The Kier molecular flexibility index (Phi) is 7.78. The Balaban J connectivity index is 0.000000523. The van der Waals surface area contributed by atoms with Crippen molar-refractivity contribution in [1.29, 1.82) is 0 Å². The van der Waals surface area contributed by atoms with E-state index in [0.717, 1.165) is 34.0 Å². The van der Waals surface area contributed by atoms with E-state index in [9.17, 15) is 9.90 Å². The van der Waals surface area contributed by atoms with E-state index >= 15 is 0 Å². The van der Waals surface area contributed by atoms with Crippen molar-refractivity contribution >= 4 is 50.0 Å². The van der Waals surface area contributed by atoms with Gasteiger partial charge in [-0.1, -0.05) is 38.7 Å². The minimum Gasteiger partial charge on any atom is -0.508 e. The zero-order chi connectivity index (χ0) is 23.3. The van der Waals surface area contributed by atoms with Crippen LogP contribution in [-0.2, 0) is 4.79 Å². The maximum Gasteiger partial charge on any atom is 0.225 e. The highest BCUT2D eigenvalue weighted by molar-refractivity contribution is 14.1. The number of phenols is 1. The molecule has 4 aromatic rings. The summed E-state index contributed by atoms with van der Waals surface area (Å²) in [7, 11) is 0. The Hall–Kier alpha value is -2.59. The average Bonchev–Trinajstić information content (AvgIpc) is 3.37. The molecule has 0 bridgehead atoms. The molecule has 0 aliphatic carbocycles. The van der Waals surface area contributed by atoms with Crippen LogP contribution in [0.15, 0.2) is 59.2 Å². The van der Waals surface area contributed by atoms with E-state index in [0.29, 0.717) is 18.0 Å². The third-order valence-corrected chi connectivity index (χ3v) is 4.40. The first-order valence-corrected chi connectivity index (χ1v) is 17.1. The van der Waals surface area contributed by atoms with Crippen molar-refractivity contribution in [3.63, 3.8) is 0 Å². The molecule has 6 nitrogen and oxygen atoms in total. The molecule has 4 rings (SSSR count). The van der Waals surface area contributed by atoms with Gasteiger partial charge in [0.15, 0.2) is 5.82 Å². The fraction of sp³-hybridized carbons (Fsp3) is 0.250. The molecule has 0 spiro atoms. The topological polar surface area (TPSA) is 91.2 Å². The minimum absolute atomic E-state index is 0.0620. The molecular formula is C24H28IN3O3Si. The van der Waals surface area contributed by atoms with E-state index in [1.807, 2.05) is 43.3 Å². The van der Waals surface area contributed by atoms with Gasteiger partial charge in [-0.05, 0) is 53.9 Å². The van der Waals surface area contributed by atoms with Gasteiger partial charge in [0.2, 0.25) is 5.91 Å². The molecule has 3 N–H and O–H groups in total. The molecule has 1 amide bonds. The molecule has 0 saturated heterocycles. The molecule has 0 unspecified atom stereocenters. The van der Waals surface area contributed by atoms with E-state index in [1.165, 1.54) is 0 Å². The summed E-state index contributed by atoms with van der Waals surface area (Å²) in [6.45, 7) is 8.90. The summed E-state index contributed by atoms with van der Waals surface area (Å²) in [6, 6.07) is 14.7. The number of fused-ring (bicyclic) bond motifs is 1. The van der Waals surface area contributed by atoms with Gasteiger partial charge in [-0.3, -0.25) is 9.89 Å². The number of rotatable bonds is 5. The number of nitrogens with zero attached hydrogens (tertiary/aromatic N) is 1. The van der Waals surface area contributed by atoms with Gasteiger partial charge in [-0.15, -0.1) is 21.8 Å². The number of carbonyl (C=O) groups excluding carboxylic acids is 1. The predicted molar refractivity (Wildman–Crippen MR) is 142 cm³/mol. The van der Waals surface area contributed by atoms with Crippen LogP contribution in [0.1, 0.15) is 19.8 Å². The van der Waals surface area contributed by atoms with Gasteiger partial charge in [-0.2, -0.15) is 5.10 Å². The first-order valence-electron chi connectivity index (χ1n) is 10.5. The third kappa shape index (κ3) is 6.46. The number of halogens is 1. The zero-order valence-electron chi connectivity index (χ0n) is 18.7. The maximum atomic E-state index is 12.0. The molecule has 0 saturated carbocycles. The van der Waals surface area contributed by atoms with E-state index in [-0.39, 0.29) is 11.7 Å². The standard InChI is InChI=1S/C21H19N3O3.C3H9ISi/c1-2-4-20(26)22-21-17-11-16(19-5-3-10-27-19)15(12-18(17)23-24-21)13-6-8-14(25)9-7-13;1-5(2,3)4/h3,5-12,25H,2,4H2,1H3,(H2,22,23,24,26);1-3H3. The van der Waals surface area contributed by atoms with Crippen LogP contribution in [-0.4, -0.2) is 26.8 Å². The molecule has 0 atom stereocenters. The monoisotopic (exact) mass is 561 g/mol. The molecule has 0 aliphatic rings. The van der Waals surface area contributed by atoms with Crippen LogP contribution >= 0.6 is 21.8 Å². The highest BCUT2D eigenvalue weighted by Crippen LogP contribution is 2.37. The van der Waals surface area contributed by atoms with Crippen LogP contribution in [0.2, 0.25) is 19.6 Å². The highest BCUT2D eigenvalue weighted by atomic mass is 127. The number of aromatic amines is 1. The average molecular weight is 561 g/mol. The molecule has 32 heavy (non-hydrogen) atoms. The Morgan fingerprint density at radius 3 is 2.44 bits per heavy atom. The van der Waals surface area contributed by atoms with Crippen molar-refractivity contribution in [1.82, 2.24) is 10.2 Å². The van der Waals surface area contributed by atoms with Crippen LogP contribution < -0.4 is 5.32 Å². The van der Waals surface area contributed by atoms with Crippen LogP contribution in [0.4, 0.5) is 5.82 Å². The molecule has 0 radical (unpaired) electrons. The van der Waals surface area contributed by atoms with Crippen molar-refractivity contribution in [2.75, 3.05) is 5.32 Å². The van der Waals surface area contributed by atoms with Gasteiger partial charge in [-0.25, -0.2) is 0 Å². The maximum absolute atomic E-state index is 12.0. The molecule has 0 aliphatic heterocycles. The van der Waals surface area contributed by atoms with Crippen LogP contribution in [0, 0.1) is 0 Å². The SMILES string of the molecule is CCCC(=O)Nc1n[nH]c2cc(-c3ccc(O)cc3)c(-c3ccco3)cc12.C[Si](C)(C)I. The molecule has 168 valence electrons. The molecule has 8 heteroatoms. The lowest BCUT2D eigenvalue weighted by Crippen LogP contribution is -2.11. The van der Waals surface area contributed by atoms with Crippen molar-refractivity contribution in [2.45, 2.75) is 39.4 Å². The lowest BCUT2D eigenvalue weighted by Gasteiger charge is -2.09. The second-order valence-corrected chi connectivity index (χ2v) is 22.2. The summed E-state index contributed by atoms with van der Waals surface area (Å²) < 4.78 is 5.62. The number of aromatic nitrogens is 2.